The molecule has 2 nitrogen and oxygen atoms in total. The summed E-state index contributed by atoms with van der Waals surface area (Å²) in [6.07, 6.45) is 0.824. The van der Waals surface area contributed by atoms with Gasteiger partial charge < -0.3 is 0 Å². The summed E-state index contributed by atoms with van der Waals surface area (Å²) in [5.41, 5.74) is 1.52. The molecule has 0 atom stereocenters. The second-order valence-electron chi connectivity index (χ2n) is 4.61. The number of halogens is 2. The van der Waals surface area contributed by atoms with Crippen molar-refractivity contribution in [1.82, 2.24) is 9.97 Å². The van der Waals surface area contributed by atoms with Crippen molar-refractivity contribution in [3.05, 3.63) is 47.0 Å². The molecule has 0 aliphatic rings. The molecular formula is C14H14ClFN2. The van der Waals surface area contributed by atoms with Crippen LogP contribution >= 0.6 is 11.6 Å². The molecule has 2 aromatic rings. The van der Waals surface area contributed by atoms with Crippen LogP contribution in [0.15, 0.2) is 30.3 Å². The summed E-state index contributed by atoms with van der Waals surface area (Å²) in [7, 11) is 0. The minimum absolute atomic E-state index is 0.304. The molecule has 1 aromatic heterocycles. The van der Waals surface area contributed by atoms with Crippen LogP contribution in [-0.4, -0.2) is 9.97 Å². The van der Waals surface area contributed by atoms with Crippen LogP contribution < -0.4 is 0 Å². The Labute approximate surface area is 111 Å². The minimum Gasteiger partial charge on any atom is -0.233 e. The Balaban J connectivity index is 2.41. The Morgan fingerprint density at radius 1 is 1.22 bits per heavy atom. The van der Waals surface area contributed by atoms with Crippen molar-refractivity contribution in [2.45, 2.75) is 20.3 Å². The molecule has 1 heterocycles. The van der Waals surface area contributed by atoms with Crippen LogP contribution in [0.5, 0.6) is 0 Å². The monoisotopic (exact) mass is 264 g/mol. The second-order valence-corrected chi connectivity index (χ2v) is 5.00. The molecule has 4 heteroatoms. The van der Waals surface area contributed by atoms with Gasteiger partial charge in [0.05, 0.1) is 0 Å². The molecule has 0 aliphatic carbocycles. The molecule has 0 saturated carbocycles. The van der Waals surface area contributed by atoms with E-state index in [1.165, 1.54) is 12.1 Å². The summed E-state index contributed by atoms with van der Waals surface area (Å²) in [4.78, 5) is 8.56. The van der Waals surface area contributed by atoms with Gasteiger partial charge in [-0.25, -0.2) is 14.4 Å². The lowest BCUT2D eigenvalue weighted by Gasteiger charge is -2.07. The van der Waals surface area contributed by atoms with E-state index < -0.39 is 0 Å². The summed E-state index contributed by atoms with van der Waals surface area (Å²) in [6.45, 7) is 4.22. The largest absolute Gasteiger partial charge is 0.233 e. The first kappa shape index (κ1) is 13.0. The van der Waals surface area contributed by atoms with Crippen molar-refractivity contribution in [1.29, 1.82) is 0 Å². The predicted octanol–water partition coefficient (Wildman–Crippen LogP) is 4.13. The summed E-state index contributed by atoms with van der Waals surface area (Å²) in [5.74, 6) is 0.649. The lowest BCUT2D eigenvalue weighted by Crippen LogP contribution is -2.00. The van der Waals surface area contributed by atoms with Gasteiger partial charge in [-0.1, -0.05) is 37.6 Å². The van der Waals surface area contributed by atoms with Gasteiger partial charge >= 0.3 is 0 Å². The standard InChI is InChI=1S/C14H14ClFN2/c1-9(2)6-12-8-13(15)18-14(17-12)10-4-3-5-11(16)7-10/h3-5,7-9H,6H2,1-2H3. The van der Waals surface area contributed by atoms with Crippen molar-refractivity contribution < 1.29 is 4.39 Å². The average Bonchev–Trinajstić information content (AvgIpc) is 2.27. The molecule has 94 valence electrons. The van der Waals surface area contributed by atoms with E-state index in [2.05, 4.69) is 23.8 Å². The van der Waals surface area contributed by atoms with Gasteiger partial charge in [-0.3, -0.25) is 0 Å². The third-order valence-corrected chi connectivity index (χ3v) is 2.64. The molecule has 0 bridgehead atoms. The molecule has 1 aromatic carbocycles. The van der Waals surface area contributed by atoms with E-state index in [0.29, 0.717) is 22.5 Å². The zero-order valence-corrected chi connectivity index (χ0v) is 11.1. The zero-order valence-electron chi connectivity index (χ0n) is 10.3. The van der Waals surface area contributed by atoms with E-state index in [1.54, 1.807) is 18.2 Å². The summed E-state index contributed by atoms with van der Waals surface area (Å²) >= 11 is 5.98. The fourth-order valence-corrected chi connectivity index (χ4v) is 1.95. The van der Waals surface area contributed by atoms with Gasteiger partial charge in [0, 0.05) is 11.3 Å². The first-order valence-electron chi connectivity index (χ1n) is 5.84. The molecule has 0 N–H and O–H groups in total. The number of hydrogen-bond donors (Lipinski definition) is 0. The van der Waals surface area contributed by atoms with E-state index in [0.717, 1.165) is 12.1 Å². The lowest BCUT2D eigenvalue weighted by molar-refractivity contribution is 0.627. The number of aromatic nitrogens is 2. The Kier molecular flexibility index (Phi) is 3.92. The average molecular weight is 265 g/mol. The van der Waals surface area contributed by atoms with Gasteiger partial charge in [0.15, 0.2) is 5.82 Å². The molecule has 0 saturated heterocycles. The maximum Gasteiger partial charge on any atom is 0.161 e. The first-order valence-corrected chi connectivity index (χ1v) is 6.22. The number of hydrogen-bond acceptors (Lipinski definition) is 2. The number of nitrogens with zero attached hydrogens (tertiary/aromatic N) is 2. The number of benzene rings is 1. The van der Waals surface area contributed by atoms with Gasteiger partial charge in [-0.15, -0.1) is 0 Å². The lowest BCUT2D eigenvalue weighted by atomic mass is 10.1. The van der Waals surface area contributed by atoms with E-state index in [9.17, 15) is 4.39 Å². The second kappa shape index (κ2) is 5.44. The minimum atomic E-state index is -0.304. The maximum atomic E-state index is 13.2. The molecule has 0 spiro atoms. The van der Waals surface area contributed by atoms with Crippen LogP contribution in [0, 0.1) is 11.7 Å². The van der Waals surface area contributed by atoms with Crippen LogP contribution in [0.25, 0.3) is 11.4 Å². The van der Waals surface area contributed by atoms with Crippen LogP contribution in [0.3, 0.4) is 0 Å². The SMILES string of the molecule is CC(C)Cc1cc(Cl)nc(-c2cccc(F)c2)n1. The van der Waals surface area contributed by atoms with Gasteiger partial charge in [-0.2, -0.15) is 0 Å². The molecule has 18 heavy (non-hydrogen) atoms. The van der Waals surface area contributed by atoms with E-state index in [4.69, 9.17) is 11.6 Å². The van der Waals surface area contributed by atoms with Crippen LogP contribution in [0.4, 0.5) is 4.39 Å². The molecule has 0 radical (unpaired) electrons. The van der Waals surface area contributed by atoms with Crippen molar-refractivity contribution in [3.8, 4) is 11.4 Å². The zero-order chi connectivity index (χ0) is 13.1. The van der Waals surface area contributed by atoms with E-state index >= 15 is 0 Å². The summed E-state index contributed by atoms with van der Waals surface area (Å²) in [5, 5.41) is 0.389. The van der Waals surface area contributed by atoms with E-state index in [1.807, 2.05) is 0 Å². The fraction of sp³-hybridized carbons (Fsp3) is 0.286. The molecule has 0 unspecified atom stereocenters. The van der Waals surface area contributed by atoms with Gasteiger partial charge in [-0.05, 0) is 30.5 Å². The fourth-order valence-electron chi connectivity index (χ4n) is 1.74. The predicted molar refractivity (Wildman–Crippen MR) is 71.0 cm³/mol. The van der Waals surface area contributed by atoms with E-state index in [-0.39, 0.29) is 5.82 Å². The van der Waals surface area contributed by atoms with Crippen molar-refractivity contribution in [2.24, 2.45) is 5.92 Å². The third-order valence-electron chi connectivity index (χ3n) is 2.45. The number of rotatable bonds is 3. The normalized spacial score (nSPS) is 10.9. The van der Waals surface area contributed by atoms with Gasteiger partial charge in [0.25, 0.3) is 0 Å². The Morgan fingerprint density at radius 2 is 2.00 bits per heavy atom. The first-order chi connectivity index (χ1) is 8.54. The molecule has 0 amide bonds. The van der Waals surface area contributed by atoms with Crippen LogP contribution in [-0.2, 0) is 6.42 Å². The van der Waals surface area contributed by atoms with Crippen molar-refractivity contribution in [2.75, 3.05) is 0 Å². The Morgan fingerprint density at radius 3 is 2.67 bits per heavy atom. The van der Waals surface area contributed by atoms with Crippen molar-refractivity contribution in [3.63, 3.8) is 0 Å². The highest BCUT2D eigenvalue weighted by Gasteiger charge is 2.08. The topological polar surface area (TPSA) is 25.8 Å². The maximum absolute atomic E-state index is 13.2. The third kappa shape index (κ3) is 3.26. The molecule has 0 aliphatic heterocycles. The highest BCUT2D eigenvalue weighted by atomic mass is 35.5. The van der Waals surface area contributed by atoms with Gasteiger partial charge in [0.1, 0.15) is 11.0 Å². The smallest absolute Gasteiger partial charge is 0.161 e. The Bertz CT molecular complexity index is 555. The Hall–Kier alpha value is -1.48. The quantitative estimate of drug-likeness (QED) is 0.779. The highest BCUT2D eigenvalue weighted by Crippen LogP contribution is 2.20. The van der Waals surface area contributed by atoms with Crippen LogP contribution in [0.1, 0.15) is 19.5 Å². The molecule has 2 rings (SSSR count). The molecular weight excluding hydrogens is 251 g/mol. The summed E-state index contributed by atoms with van der Waals surface area (Å²) in [6, 6.07) is 7.96. The highest BCUT2D eigenvalue weighted by molar-refractivity contribution is 6.29. The molecule has 0 fully saturated rings. The summed E-state index contributed by atoms with van der Waals surface area (Å²) < 4.78 is 13.2. The van der Waals surface area contributed by atoms with Crippen LogP contribution in [0.2, 0.25) is 5.15 Å². The van der Waals surface area contributed by atoms with Crippen molar-refractivity contribution >= 4 is 11.6 Å². The van der Waals surface area contributed by atoms with Gasteiger partial charge in [0.2, 0.25) is 0 Å².